The highest BCUT2D eigenvalue weighted by Crippen LogP contribution is 2.13. The lowest BCUT2D eigenvalue weighted by molar-refractivity contribution is -0.120. The summed E-state index contributed by atoms with van der Waals surface area (Å²) in [4.78, 5) is 11.6. The molecule has 3 nitrogen and oxygen atoms in total. The van der Waals surface area contributed by atoms with Gasteiger partial charge in [0.1, 0.15) is 11.5 Å². The highest BCUT2D eigenvalue weighted by molar-refractivity contribution is 5.83. The van der Waals surface area contributed by atoms with Crippen LogP contribution in [-0.4, -0.2) is 25.5 Å². The third-order valence-corrected chi connectivity index (χ3v) is 2.76. The quantitative estimate of drug-likeness (QED) is 0.787. The van der Waals surface area contributed by atoms with Gasteiger partial charge in [-0.2, -0.15) is 0 Å². The summed E-state index contributed by atoms with van der Waals surface area (Å²) in [5, 5.41) is 3.06. The molecule has 3 heteroatoms. The molecule has 0 heterocycles. The standard InChI is InChI=1S/C14H21NO2/c1-4-14(16)13(15-3)10-11-6-8-12(9-7-11)17-5-2/h6-9,13,15H,4-5,10H2,1-3H3/t13-/m1/s1. The number of hydrogen-bond acceptors (Lipinski definition) is 3. The number of carbonyl (C=O) groups is 1. The van der Waals surface area contributed by atoms with Crippen LogP contribution >= 0.6 is 0 Å². The van der Waals surface area contributed by atoms with Crippen LogP contribution in [0.4, 0.5) is 0 Å². The van der Waals surface area contributed by atoms with Gasteiger partial charge in [0.05, 0.1) is 12.6 Å². The Morgan fingerprint density at radius 1 is 1.29 bits per heavy atom. The van der Waals surface area contributed by atoms with E-state index in [9.17, 15) is 4.79 Å². The molecule has 1 aromatic rings. The van der Waals surface area contributed by atoms with Gasteiger partial charge >= 0.3 is 0 Å². The van der Waals surface area contributed by atoms with E-state index in [1.165, 1.54) is 0 Å². The Morgan fingerprint density at radius 2 is 1.94 bits per heavy atom. The molecular weight excluding hydrogens is 214 g/mol. The monoisotopic (exact) mass is 235 g/mol. The largest absolute Gasteiger partial charge is 0.494 e. The predicted octanol–water partition coefficient (Wildman–Crippen LogP) is 2.19. The zero-order valence-corrected chi connectivity index (χ0v) is 10.8. The summed E-state index contributed by atoms with van der Waals surface area (Å²) in [5.74, 6) is 1.13. The van der Waals surface area contributed by atoms with Gasteiger partial charge in [0.15, 0.2) is 0 Å². The van der Waals surface area contributed by atoms with Crippen LogP contribution in [-0.2, 0) is 11.2 Å². The number of ketones is 1. The number of ether oxygens (including phenoxy) is 1. The van der Waals surface area contributed by atoms with Crippen LogP contribution in [0.1, 0.15) is 25.8 Å². The molecule has 1 aromatic carbocycles. The molecule has 1 rings (SSSR count). The predicted molar refractivity (Wildman–Crippen MR) is 69.5 cm³/mol. The van der Waals surface area contributed by atoms with Crippen LogP contribution in [0, 0.1) is 0 Å². The Hall–Kier alpha value is -1.35. The zero-order valence-electron chi connectivity index (χ0n) is 10.8. The molecular formula is C14H21NO2. The van der Waals surface area contributed by atoms with E-state index in [1.807, 2.05) is 45.2 Å². The van der Waals surface area contributed by atoms with Crippen molar-refractivity contribution in [2.75, 3.05) is 13.7 Å². The lowest BCUT2D eigenvalue weighted by Crippen LogP contribution is -2.35. The van der Waals surface area contributed by atoms with Crippen molar-refractivity contribution in [3.05, 3.63) is 29.8 Å². The fourth-order valence-corrected chi connectivity index (χ4v) is 1.75. The molecule has 0 aliphatic carbocycles. The van der Waals surface area contributed by atoms with Gasteiger partial charge in [0.25, 0.3) is 0 Å². The minimum atomic E-state index is -0.0852. The number of carbonyl (C=O) groups excluding carboxylic acids is 1. The van der Waals surface area contributed by atoms with Gasteiger partial charge in [0, 0.05) is 6.42 Å². The summed E-state index contributed by atoms with van der Waals surface area (Å²) in [5.41, 5.74) is 1.15. The van der Waals surface area contributed by atoms with E-state index < -0.39 is 0 Å². The Labute approximate surface area is 103 Å². The topological polar surface area (TPSA) is 38.3 Å². The van der Waals surface area contributed by atoms with E-state index in [4.69, 9.17) is 4.74 Å². The van der Waals surface area contributed by atoms with Gasteiger partial charge in [-0.3, -0.25) is 4.79 Å². The Morgan fingerprint density at radius 3 is 2.41 bits per heavy atom. The lowest BCUT2D eigenvalue weighted by atomic mass is 10.0. The Kier molecular flexibility index (Phi) is 5.70. The molecule has 0 unspecified atom stereocenters. The van der Waals surface area contributed by atoms with E-state index in [-0.39, 0.29) is 11.8 Å². The first-order valence-electron chi connectivity index (χ1n) is 6.13. The van der Waals surface area contributed by atoms with Crippen molar-refractivity contribution in [2.45, 2.75) is 32.7 Å². The van der Waals surface area contributed by atoms with Crippen molar-refractivity contribution in [3.63, 3.8) is 0 Å². The number of hydrogen-bond donors (Lipinski definition) is 1. The lowest BCUT2D eigenvalue weighted by Gasteiger charge is -2.14. The van der Waals surface area contributed by atoms with E-state index in [2.05, 4.69) is 5.32 Å². The molecule has 17 heavy (non-hydrogen) atoms. The summed E-state index contributed by atoms with van der Waals surface area (Å²) >= 11 is 0. The van der Waals surface area contributed by atoms with E-state index >= 15 is 0 Å². The van der Waals surface area contributed by atoms with Gasteiger partial charge in [-0.1, -0.05) is 19.1 Å². The Bertz CT molecular complexity index is 346. The first-order valence-corrected chi connectivity index (χ1v) is 6.13. The van der Waals surface area contributed by atoms with Crippen LogP contribution < -0.4 is 10.1 Å². The summed E-state index contributed by atoms with van der Waals surface area (Å²) in [6, 6.07) is 7.83. The molecule has 0 saturated heterocycles. The SMILES string of the molecule is CCOc1ccc(C[C@@H](NC)C(=O)CC)cc1. The first-order chi connectivity index (χ1) is 8.21. The average Bonchev–Trinajstić information content (AvgIpc) is 2.37. The minimum absolute atomic E-state index is 0.0852. The van der Waals surface area contributed by atoms with Gasteiger partial charge < -0.3 is 10.1 Å². The number of nitrogens with one attached hydrogen (secondary N) is 1. The molecule has 1 N–H and O–H groups in total. The molecule has 0 aliphatic rings. The highest BCUT2D eigenvalue weighted by Gasteiger charge is 2.14. The van der Waals surface area contributed by atoms with Crippen molar-refractivity contribution >= 4 is 5.78 Å². The fourth-order valence-electron chi connectivity index (χ4n) is 1.75. The fraction of sp³-hybridized carbons (Fsp3) is 0.500. The maximum absolute atomic E-state index is 11.6. The van der Waals surface area contributed by atoms with Crippen LogP contribution in [0.15, 0.2) is 24.3 Å². The van der Waals surface area contributed by atoms with Gasteiger partial charge in [-0.05, 0) is 38.1 Å². The van der Waals surface area contributed by atoms with E-state index in [0.717, 1.165) is 17.7 Å². The summed E-state index contributed by atoms with van der Waals surface area (Å²) in [6.07, 6.45) is 1.30. The maximum Gasteiger partial charge on any atom is 0.149 e. The first kappa shape index (κ1) is 13.7. The molecule has 0 spiro atoms. The van der Waals surface area contributed by atoms with Crippen LogP contribution in [0.25, 0.3) is 0 Å². The third-order valence-electron chi connectivity index (χ3n) is 2.76. The molecule has 0 saturated carbocycles. The van der Waals surface area contributed by atoms with Crippen molar-refractivity contribution in [3.8, 4) is 5.75 Å². The molecule has 1 atom stereocenters. The molecule has 0 aromatic heterocycles. The second-order valence-corrected chi connectivity index (χ2v) is 3.94. The number of likely N-dealkylation sites (N-methyl/N-ethyl adjacent to an activating group) is 1. The van der Waals surface area contributed by atoms with Crippen LogP contribution in [0.3, 0.4) is 0 Å². The van der Waals surface area contributed by atoms with Crippen LogP contribution in [0.2, 0.25) is 0 Å². The van der Waals surface area contributed by atoms with Crippen molar-refractivity contribution in [2.24, 2.45) is 0 Å². The normalized spacial score (nSPS) is 12.2. The Balaban J connectivity index is 2.64. The smallest absolute Gasteiger partial charge is 0.149 e. The number of rotatable bonds is 7. The number of Topliss-reactive ketones (excluding diaryl/α,β-unsaturated/α-hetero) is 1. The van der Waals surface area contributed by atoms with Crippen LogP contribution in [0.5, 0.6) is 5.75 Å². The second-order valence-electron chi connectivity index (χ2n) is 3.94. The summed E-state index contributed by atoms with van der Waals surface area (Å²) in [7, 11) is 1.83. The molecule has 0 bridgehead atoms. The molecule has 94 valence electrons. The summed E-state index contributed by atoms with van der Waals surface area (Å²) in [6.45, 7) is 4.53. The zero-order chi connectivity index (χ0) is 12.7. The van der Waals surface area contributed by atoms with Crippen molar-refractivity contribution in [1.29, 1.82) is 0 Å². The van der Waals surface area contributed by atoms with E-state index in [0.29, 0.717) is 13.0 Å². The maximum atomic E-state index is 11.6. The van der Waals surface area contributed by atoms with Gasteiger partial charge in [-0.25, -0.2) is 0 Å². The molecule has 0 radical (unpaired) electrons. The molecule has 0 amide bonds. The number of benzene rings is 1. The van der Waals surface area contributed by atoms with Crippen molar-refractivity contribution < 1.29 is 9.53 Å². The second kappa shape index (κ2) is 7.07. The molecule has 0 aliphatic heterocycles. The van der Waals surface area contributed by atoms with E-state index in [1.54, 1.807) is 0 Å². The average molecular weight is 235 g/mol. The summed E-state index contributed by atoms with van der Waals surface area (Å²) < 4.78 is 5.38. The highest BCUT2D eigenvalue weighted by atomic mass is 16.5. The third kappa shape index (κ3) is 4.19. The van der Waals surface area contributed by atoms with Gasteiger partial charge in [-0.15, -0.1) is 0 Å². The van der Waals surface area contributed by atoms with Crippen molar-refractivity contribution in [1.82, 2.24) is 5.32 Å². The van der Waals surface area contributed by atoms with Gasteiger partial charge in [0.2, 0.25) is 0 Å². The minimum Gasteiger partial charge on any atom is -0.494 e. The molecule has 0 fully saturated rings.